The maximum absolute atomic E-state index is 3.72. The number of hydrogen-bond acceptors (Lipinski definition) is 1. The van der Waals surface area contributed by atoms with Gasteiger partial charge in [0.1, 0.15) is 0 Å². The van der Waals surface area contributed by atoms with Crippen LogP contribution in [-0.4, -0.2) is 12.6 Å². The zero-order valence-electron chi connectivity index (χ0n) is 13.1. The van der Waals surface area contributed by atoms with E-state index in [-0.39, 0.29) is 0 Å². The lowest BCUT2D eigenvalue weighted by Crippen LogP contribution is -2.31. The molecular formula is C19H31N. The summed E-state index contributed by atoms with van der Waals surface area (Å²) in [6, 6.07) is 11.6. The summed E-state index contributed by atoms with van der Waals surface area (Å²) in [4.78, 5) is 0. The smallest absolute Gasteiger partial charge is 0.00727 e. The minimum Gasteiger partial charge on any atom is -0.314 e. The van der Waals surface area contributed by atoms with Crippen LogP contribution in [0, 0.1) is 5.92 Å². The van der Waals surface area contributed by atoms with Gasteiger partial charge in [-0.2, -0.15) is 0 Å². The average Bonchev–Trinajstić information content (AvgIpc) is 2.75. The molecule has 1 aliphatic carbocycles. The Kier molecular flexibility index (Phi) is 7.14. The number of rotatable bonds is 7. The molecule has 0 radical (unpaired) electrons. The molecule has 1 aliphatic rings. The van der Waals surface area contributed by atoms with Gasteiger partial charge in [0, 0.05) is 6.04 Å². The van der Waals surface area contributed by atoms with Crippen molar-refractivity contribution in [3.8, 4) is 0 Å². The molecule has 0 spiro atoms. The Morgan fingerprint density at radius 3 is 2.40 bits per heavy atom. The maximum atomic E-state index is 3.72. The van der Waals surface area contributed by atoms with Crippen LogP contribution in [0.2, 0.25) is 0 Å². The second-order valence-electron chi connectivity index (χ2n) is 6.37. The van der Waals surface area contributed by atoms with E-state index in [4.69, 9.17) is 0 Å². The first-order valence-electron chi connectivity index (χ1n) is 8.65. The Labute approximate surface area is 125 Å². The molecule has 1 fully saturated rings. The van der Waals surface area contributed by atoms with Gasteiger partial charge in [-0.15, -0.1) is 0 Å². The van der Waals surface area contributed by atoms with Crippen LogP contribution in [0.3, 0.4) is 0 Å². The summed E-state index contributed by atoms with van der Waals surface area (Å²) in [6.07, 6.45) is 12.7. The maximum Gasteiger partial charge on any atom is 0.00727 e. The van der Waals surface area contributed by atoms with Gasteiger partial charge in [0.2, 0.25) is 0 Å². The molecule has 1 aromatic rings. The Morgan fingerprint density at radius 1 is 1.05 bits per heavy atom. The fraction of sp³-hybridized carbons (Fsp3) is 0.684. The molecule has 0 heterocycles. The Balaban J connectivity index is 1.79. The molecule has 2 rings (SSSR count). The van der Waals surface area contributed by atoms with Crippen molar-refractivity contribution >= 4 is 0 Å². The van der Waals surface area contributed by atoms with E-state index < -0.39 is 0 Å². The van der Waals surface area contributed by atoms with E-state index in [1.54, 1.807) is 0 Å². The SMILES string of the molecule is CCNC(CCc1ccccc1)CC1CCCCCC1. The molecule has 0 aliphatic heterocycles. The lowest BCUT2D eigenvalue weighted by atomic mass is 9.90. The van der Waals surface area contributed by atoms with Crippen LogP contribution in [-0.2, 0) is 6.42 Å². The third-order valence-corrected chi connectivity index (χ3v) is 4.71. The van der Waals surface area contributed by atoms with Crippen LogP contribution in [0.4, 0.5) is 0 Å². The van der Waals surface area contributed by atoms with Gasteiger partial charge in [-0.3, -0.25) is 0 Å². The first-order valence-corrected chi connectivity index (χ1v) is 8.65. The molecular weight excluding hydrogens is 242 g/mol. The van der Waals surface area contributed by atoms with Gasteiger partial charge in [-0.05, 0) is 37.3 Å². The van der Waals surface area contributed by atoms with Gasteiger partial charge >= 0.3 is 0 Å². The van der Waals surface area contributed by atoms with Crippen molar-refractivity contribution in [2.75, 3.05) is 6.54 Å². The Morgan fingerprint density at radius 2 is 1.75 bits per heavy atom. The highest BCUT2D eigenvalue weighted by Crippen LogP contribution is 2.27. The molecule has 1 unspecified atom stereocenters. The van der Waals surface area contributed by atoms with Crippen molar-refractivity contribution in [1.82, 2.24) is 5.32 Å². The molecule has 1 saturated carbocycles. The van der Waals surface area contributed by atoms with Crippen LogP contribution in [0.1, 0.15) is 63.9 Å². The number of aryl methyl sites for hydroxylation is 1. The van der Waals surface area contributed by atoms with Gasteiger partial charge in [0.05, 0.1) is 0 Å². The molecule has 0 saturated heterocycles. The minimum atomic E-state index is 0.711. The highest BCUT2D eigenvalue weighted by molar-refractivity contribution is 5.14. The fourth-order valence-corrected chi connectivity index (χ4v) is 3.58. The fourth-order valence-electron chi connectivity index (χ4n) is 3.58. The molecule has 1 atom stereocenters. The summed E-state index contributed by atoms with van der Waals surface area (Å²) < 4.78 is 0. The van der Waals surface area contributed by atoms with E-state index in [1.165, 1.54) is 63.4 Å². The highest BCUT2D eigenvalue weighted by Gasteiger charge is 2.17. The van der Waals surface area contributed by atoms with Gasteiger partial charge in [-0.1, -0.05) is 75.8 Å². The summed E-state index contributed by atoms with van der Waals surface area (Å²) >= 11 is 0. The Hall–Kier alpha value is -0.820. The summed E-state index contributed by atoms with van der Waals surface area (Å²) in [5.41, 5.74) is 1.48. The van der Waals surface area contributed by atoms with Crippen molar-refractivity contribution in [3.63, 3.8) is 0 Å². The van der Waals surface area contributed by atoms with Crippen molar-refractivity contribution in [1.29, 1.82) is 0 Å². The van der Waals surface area contributed by atoms with E-state index in [0.717, 1.165) is 12.5 Å². The van der Waals surface area contributed by atoms with Crippen LogP contribution in [0.25, 0.3) is 0 Å². The van der Waals surface area contributed by atoms with E-state index in [2.05, 4.69) is 42.6 Å². The molecule has 1 nitrogen and oxygen atoms in total. The normalized spacial score (nSPS) is 18.6. The second kappa shape index (κ2) is 9.18. The number of nitrogens with one attached hydrogen (secondary N) is 1. The van der Waals surface area contributed by atoms with Crippen molar-refractivity contribution < 1.29 is 0 Å². The lowest BCUT2D eigenvalue weighted by molar-refractivity contribution is 0.343. The zero-order chi connectivity index (χ0) is 14.0. The Bertz CT molecular complexity index is 338. The first-order chi connectivity index (χ1) is 9.88. The standard InChI is InChI=1S/C19H31N/c1-2-20-19(15-14-17-10-8-5-9-11-17)16-18-12-6-3-4-7-13-18/h5,8-11,18-20H,2-4,6-7,12-16H2,1H3. The molecule has 1 aromatic carbocycles. The van der Waals surface area contributed by atoms with Gasteiger partial charge in [-0.25, -0.2) is 0 Å². The third-order valence-electron chi connectivity index (χ3n) is 4.71. The first kappa shape index (κ1) is 15.6. The van der Waals surface area contributed by atoms with Gasteiger partial charge < -0.3 is 5.32 Å². The minimum absolute atomic E-state index is 0.711. The van der Waals surface area contributed by atoms with Crippen molar-refractivity contribution in [3.05, 3.63) is 35.9 Å². The van der Waals surface area contributed by atoms with Gasteiger partial charge in [0.15, 0.2) is 0 Å². The van der Waals surface area contributed by atoms with E-state index in [9.17, 15) is 0 Å². The molecule has 20 heavy (non-hydrogen) atoms. The zero-order valence-corrected chi connectivity index (χ0v) is 13.1. The lowest BCUT2D eigenvalue weighted by Gasteiger charge is -2.23. The van der Waals surface area contributed by atoms with E-state index in [1.807, 2.05) is 0 Å². The molecule has 0 aromatic heterocycles. The molecule has 1 heteroatoms. The number of benzene rings is 1. The predicted molar refractivity (Wildman–Crippen MR) is 88.0 cm³/mol. The van der Waals surface area contributed by atoms with Crippen LogP contribution in [0.5, 0.6) is 0 Å². The number of hydrogen-bond donors (Lipinski definition) is 1. The monoisotopic (exact) mass is 273 g/mol. The van der Waals surface area contributed by atoms with Crippen molar-refractivity contribution in [2.45, 2.75) is 70.8 Å². The summed E-state index contributed by atoms with van der Waals surface area (Å²) in [5.74, 6) is 0.970. The average molecular weight is 273 g/mol. The summed E-state index contributed by atoms with van der Waals surface area (Å²) in [6.45, 7) is 3.34. The van der Waals surface area contributed by atoms with E-state index in [0.29, 0.717) is 6.04 Å². The topological polar surface area (TPSA) is 12.0 Å². The van der Waals surface area contributed by atoms with E-state index >= 15 is 0 Å². The molecule has 0 bridgehead atoms. The molecule has 1 N–H and O–H groups in total. The van der Waals surface area contributed by atoms with Crippen LogP contribution < -0.4 is 5.32 Å². The van der Waals surface area contributed by atoms with Crippen LogP contribution >= 0.6 is 0 Å². The quantitative estimate of drug-likeness (QED) is 0.693. The van der Waals surface area contributed by atoms with Crippen molar-refractivity contribution in [2.24, 2.45) is 5.92 Å². The summed E-state index contributed by atoms with van der Waals surface area (Å²) in [7, 11) is 0. The second-order valence-corrected chi connectivity index (χ2v) is 6.37. The molecule has 112 valence electrons. The summed E-state index contributed by atoms with van der Waals surface area (Å²) in [5, 5.41) is 3.72. The van der Waals surface area contributed by atoms with Crippen LogP contribution in [0.15, 0.2) is 30.3 Å². The predicted octanol–water partition coefficient (Wildman–Crippen LogP) is 4.96. The molecule has 0 amide bonds. The van der Waals surface area contributed by atoms with Gasteiger partial charge in [0.25, 0.3) is 0 Å². The highest BCUT2D eigenvalue weighted by atomic mass is 14.9. The largest absolute Gasteiger partial charge is 0.314 e. The third kappa shape index (κ3) is 5.66.